The molecule has 1 aliphatic heterocycles. The number of para-hydroxylation sites is 1. The number of benzene rings is 1. The molecule has 28 heavy (non-hydrogen) atoms. The summed E-state index contributed by atoms with van der Waals surface area (Å²) in [5.74, 6) is 0.0956. The number of ether oxygens (including phenoxy) is 2. The number of urea groups is 1. The zero-order valence-electron chi connectivity index (χ0n) is 15.6. The molecule has 5 N–H and O–H groups in total. The Morgan fingerprint density at radius 2 is 2.11 bits per heavy atom. The number of nitrogens with one attached hydrogen (secondary N) is 1. The summed E-state index contributed by atoms with van der Waals surface area (Å²) < 4.78 is 11.4. The number of carbonyl (C=O) groups excluding carboxylic acids is 2. The fraction of sp³-hybridized carbons (Fsp3) is 0.368. The monoisotopic (exact) mass is 404 g/mol. The molecule has 8 nitrogen and oxygen atoms in total. The van der Waals surface area contributed by atoms with Crippen molar-refractivity contribution in [3.63, 3.8) is 0 Å². The number of anilines is 1. The first kappa shape index (κ1) is 20.1. The maximum absolute atomic E-state index is 11.7. The number of amides is 3. The van der Waals surface area contributed by atoms with Crippen molar-refractivity contribution in [1.82, 2.24) is 4.90 Å². The normalized spacial score (nSPS) is 16.8. The number of nitrogens with two attached hydrogens (primary N) is 2. The van der Waals surface area contributed by atoms with Crippen LogP contribution in [0, 0.1) is 0 Å². The molecule has 150 valence electrons. The van der Waals surface area contributed by atoms with Crippen LogP contribution in [0.2, 0.25) is 0 Å². The van der Waals surface area contributed by atoms with Crippen LogP contribution in [0.15, 0.2) is 30.3 Å². The van der Waals surface area contributed by atoms with E-state index >= 15 is 0 Å². The van der Waals surface area contributed by atoms with Crippen LogP contribution in [0.25, 0.3) is 10.4 Å². The molecule has 1 atom stereocenters. The zero-order chi connectivity index (χ0) is 20.1. The van der Waals surface area contributed by atoms with Crippen LogP contribution in [0.5, 0.6) is 5.75 Å². The molecule has 1 fully saturated rings. The van der Waals surface area contributed by atoms with Gasteiger partial charge >= 0.3 is 6.03 Å². The van der Waals surface area contributed by atoms with Crippen LogP contribution in [-0.4, -0.2) is 56.3 Å². The maximum atomic E-state index is 11.7. The highest BCUT2D eigenvalue weighted by Gasteiger charge is 2.25. The average Bonchev–Trinajstić information content (AvgIpc) is 3.27. The summed E-state index contributed by atoms with van der Waals surface area (Å²) in [6.07, 6.45) is 1.01. The first-order valence-corrected chi connectivity index (χ1v) is 9.77. The van der Waals surface area contributed by atoms with Crippen molar-refractivity contribution in [2.24, 2.45) is 11.5 Å². The minimum Gasteiger partial charge on any atom is -0.488 e. The number of carbonyl (C=O) groups is 2. The van der Waals surface area contributed by atoms with Crippen LogP contribution < -0.4 is 21.5 Å². The quantitative estimate of drug-likeness (QED) is 0.622. The Labute approximate surface area is 167 Å². The van der Waals surface area contributed by atoms with E-state index in [2.05, 4.69) is 10.2 Å². The second-order valence-electron chi connectivity index (χ2n) is 6.53. The Balaban J connectivity index is 1.81. The highest BCUT2D eigenvalue weighted by molar-refractivity contribution is 7.20. The number of nitrogens with zero attached hydrogens (tertiary/aromatic N) is 1. The van der Waals surface area contributed by atoms with Crippen LogP contribution in [0.4, 0.5) is 9.80 Å². The van der Waals surface area contributed by atoms with Crippen molar-refractivity contribution >= 4 is 28.3 Å². The second kappa shape index (κ2) is 9.05. The van der Waals surface area contributed by atoms with Gasteiger partial charge in [0.05, 0.1) is 12.2 Å². The lowest BCUT2D eigenvalue weighted by Gasteiger charge is -2.18. The number of thiophene rings is 1. The molecule has 0 aliphatic carbocycles. The lowest BCUT2D eigenvalue weighted by molar-refractivity contribution is 0.100. The largest absolute Gasteiger partial charge is 0.488 e. The van der Waals surface area contributed by atoms with E-state index in [4.69, 9.17) is 20.9 Å². The molecule has 3 rings (SSSR count). The van der Waals surface area contributed by atoms with Crippen molar-refractivity contribution in [2.45, 2.75) is 12.5 Å². The molecule has 1 aliphatic rings. The van der Waals surface area contributed by atoms with Gasteiger partial charge < -0.3 is 20.9 Å². The molecule has 2 heterocycles. The van der Waals surface area contributed by atoms with E-state index in [1.165, 1.54) is 11.3 Å². The molecule has 0 bridgehead atoms. The Kier molecular flexibility index (Phi) is 6.50. The number of methoxy groups -OCH3 is 1. The molecule has 0 saturated carbocycles. The van der Waals surface area contributed by atoms with Crippen molar-refractivity contribution in [3.05, 3.63) is 35.9 Å². The third kappa shape index (κ3) is 4.80. The first-order chi connectivity index (χ1) is 13.5. The minimum atomic E-state index is -0.748. The Morgan fingerprint density at radius 1 is 1.32 bits per heavy atom. The van der Waals surface area contributed by atoms with E-state index in [1.54, 1.807) is 13.2 Å². The lowest BCUT2D eigenvalue weighted by atomic mass is 10.1. The van der Waals surface area contributed by atoms with Gasteiger partial charge in [-0.25, -0.2) is 4.79 Å². The standard InChI is InChI=1S/C19H24N4O4S/c1-26-9-8-23-7-6-12(11-23)27-15-5-3-2-4-13(15)16-10-14(17(20)24)18(28-16)22-19(21)25/h2-5,10,12H,6-9,11H2,1H3,(H2,20,24)(H3,21,22,25). The minimum absolute atomic E-state index is 0.0804. The van der Waals surface area contributed by atoms with Crippen LogP contribution in [0.1, 0.15) is 16.8 Å². The molecule has 0 radical (unpaired) electrons. The van der Waals surface area contributed by atoms with Gasteiger partial charge in [0.15, 0.2) is 0 Å². The number of hydrogen-bond donors (Lipinski definition) is 3. The van der Waals surface area contributed by atoms with Gasteiger partial charge in [0.1, 0.15) is 16.9 Å². The molecular weight excluding hydrogens is 380 g/mol. The van der Waals surface area contributed by atoms with Crippen molar-refractivity contribution in [1.29, 1.82) is 0 Å². The van der Waals surface area contributed by atoms with Gasteiger partial charge in [-0.2, -0.15) is 0 Å². The SMILES string of the molecule is COCCN1CCC(Oc2ccccc2-c2cc(C(N)=O)c(NC(N)=O)s2)C1. The summed E-state index contributed by atoms with van der Waals surface area (Å²) in [6.45, 7) is 3.38. The highest BCUT2D eigenvalue weighted by Crippen LogP contribution is 2.40. The second-order valence-corrected chi connectivity index (χ2v) is 7.58. The third-order valence-electron chi connectivity index (χ3n) is 4.52. The topological polar surface area (TPSA) is 120 Å². The molecular formula is C19H24N4O4S. The summed E-state index contributed by atoms with van der Waals surface area (Å²) in [7, 11) is 1.70. The Hall–Kier alpha value is -2.62. The molecule has 2 aromatic rings. The summed E-state index contributed by atoms with van der Waals surface area (Å²) in [5, 5.41) is 2.79. The molecule has 3 amide bonds. The fourth-order valence-corrected chi connectivity index (χ4v) is 4.28. The van der Waals surface area contributed by atoms with E-state index in [0.29, 0.717) is 11.6 Å². The van der Waals surface area contributed by atoms with E-state index in [9.17, 15) is 9.59 Å². The molecule has 0 spiro atoms. The van der Waals surface area contributed by atoms with E-state index in [0.717, 1.165) is 42.2 Å². The fourth-order valence-electron chi connectivity index (χ4n) is 3.18. The van der Waals surface area contributed by atoms with Gasteiger partial charge in [0.2, 0.25) is 0 Å². The van der Waals surface area contributed by atoms with E-state index in [-0.39, 0.29) is 11.7 Å². The molecule has 1 unspecified atom stereocenters. The van der Waals surface area contributed by atoms with E-state index < -0.39 is 11.9 Å². The molecule has 1 aromatic heterocycles. The van der Waals surface area contributed by atoms with Crippen LogP contribution in [-0.2, 0) is 4.74 Å². The number of rotatable bonds is 8. The summed E-state index contributed by atoms with van der Waals surface area (Å²) in [6, 6.07) is 8.52. The summed E-state index contributed by atoms with van der Waals surface area (Å²) in [4.78, 5) is 26.0. The Bertz CT molecular complexity index is 854. The van der Waals surface area contributed by atoms with Gasteiger partial charge in [-0.1, -0.05) is 12.1 Å². The van der Waals surface area contributed by atoms with Crippen LogP contribution >= 0.6 is 11.3 Å². The third-order valence-corrected chi connectivity index (χ3v) is 5.60. The van der Waals surface area contributed by atoms with Gasteiger partial charge in [-0.05, 0) is 24.6 Å². The van der Waals surface area contributed by atoms with Crippen LogP contribution in [0.3, 0.4) is 0 Å². The van der Waals surface area contributed by atoms with Gasteiger partial charge in [0.25, 0.3) is 5.91 Å². The Morgan fingerprint density at radius 3 is 2.82 bits per heavy atom. The molecule has 1 saturated heterocycles. The number of hydrogen-bond acceptors (Lipinski definition) is 6. The summed E-state index contributed by atoms with van der Waals surface area (Å²) in [5.41, 5.74) is 11.7. The first-order valence-electron chi connectivity index (χ1n) is 8.95. The lowest BCUT2D eigenvalue weighted by Crippen LogP contribution is -2.27. The predicted molar refractivity (Wildman–Crippen MR) is 109 cm³/mol. The average molecular weight is 404 g/mol. The van der Waals surface area contributed by atoms with Crippen molar-refractivity contribution in [2.75, 3.05) is 38.7 Å². The molecule has 9 heteroatoms. The number of primary amides is 2. The molecule has 1 aromatic carbocycles. The smallest absolute Gasteiger partial charge is 0.317 e. The zero-order valence-corrected chi connectivity index (χ0v) is 16.5. The predicted octanol–water partition coefficient (Wildman–Crippen LogP) is 2.10. The number of likely N-dealkylation sites (tertiary alicyclic amines) is 1. The highest BCUT2D eigenvalue weighted by atomic mass is 32.1. The maximum Gasteiger partial charge on any atom is 0.317 e. The van der Waals surface area contributed by atoms with Gasteiger partial charge in [0, 0.05) is 37.2 Å². The van der Waals surface area contributed by atoms with Gasteiger partial charge in [-0.3, -0.25) is 15.0 Å². The van der Waals surface area contributed by atoms with Gasteiger partial charge in [-0.15, -0.1) is 11.3 Å². The van der Waals surface area contributed by atoms with E-state index in [1.807, 2.05) is 24.3 Å². The van der Waals surface area contributed by atoms with Crippen molar-refractivity contribution in [3.8, 4) is 16.2 Å². The summed E-state index contributed by atoms with van der Waals surface area (Å²) >= 11 is 1.23. The van der Waals surface area contributed by atoms with Crippen molar-refractivity contribution < 1.29 is 19.1 Å².